The van der Waals surface area contributed by atoms with E-state index in [4.69, 9.17) is 4.74 Å². The maximum atomic E-state index is 13.1. The molecule has 154 valence electrons. The summed E-state index contributed by atoms with van der Waals surface area (Å²) >= 11 is 1.52. The molecule has 4 rings (SSSR count). The Morgan fingerprint density at radius 2 is 1.80 bits per heavy atom. The van der Waals surface area contributed by atoms with Gasteiger partial charge < -0.3 is 15.0 Å². The number of thiophene rings is 1. The van der Waals surface area contributed by atoms with Crippen LogP contribution in [0.15, 0.2) is 54.6 Å². The molecule has 1 aromatic heterocycles. The first-order valence-electron chi connectivity index (χ1n) is 10.0. The molecule has 1 N–H and O–H groups in total. The van der Waals surface area contributed by atoms with Gasteiger partial charge in [-0.05, 0) is 54.7 Å². The minimum absolute atomic E-state index is 0.00741. The van der Waals surface area contributed by atoms with Crippen LogP contribution in [-0.2, 0) is 17.6 Å². The summed E-state index contributed by atoms with van der Waals surface area (Å²) in [6, 6.07) is 17.6. The third-order valence-corrected chi connectivity index (χ3v) is 6.53. The van der Waals surface area contributed by atoms with Gasteiger partial charge in [0, 0.05) is 11.4 Å². The number of carbonyl (C=O) groups excluding carboxylic acids is 2. The van der Waals surface area contributed by atoms with Crippen molar-refractivity contribution < 1.29 is 14.3 Å². The lowest BCUT2D eigenvalue weighted by Crippen LogP contribution is -2.37. The number of hydrogen-bond donors (Lipinski definition) is 1. The second-order valence-corrected chi connectivity index (χ2v) is 8.24. The second-order valence-electron chi connectivity index (χ2n) is 7.19. The Morgan fingerprint density at radius 1 is 1.07 bits per heavy atom. The average molecular weight is 421 g/mol. The summed E-state index contributed by atoms with van der Waals surface area (Å²) in [5.74, 6) is 0.232. The second kappa shape index (κ2) is 8.71. The Labute approximate surface area is 180 Å². The minimum atomic E-state index is -0.249. The average Bonchev–Trinajstić information content (AvgIpc) is 3.22. The quantitative estimate of drug-likeness (QED) is 0.633. The number of nitrogens with zero attached hydrogens (tertiary/aromatic N) is 1. The van der Waals surface area contributed by atoms with Crippen LogP contribution in [0, 0.1) is 0 Å². The van der Waals surface area contributed by atoms with Gasteiger partial charge in [0.1, 0.15) is 12.3 Å². The van der Waals surface area contributed by atoms with Gasteiger partial charge >= 0.3 is 0 Å². The molecule has 0 bridgehead atoms. The number of hydrogen-bond acceptors (Lipinski definition) is 4. The highest BCUT2D eigenvalue weighted by molar-refractivity contribution is 7.17. The van der Waals surface area contributed by atoms with Crippen LogP contribution < -0.4 is 10.1 Å². The lowest BCUT2D eigenvalue weighted by Gasteiger charge is -2.20. The maximum Gasteiger partial charge on any atom is 0.264 e. The zero-order valence-electron chi connectivity index (χ0n) is 17.1. The zero-order valence-corrected chi connectivity index (χ0v) is 17.9. The predicted octanol–water partition coefficient (Wildman–Crippen LogP) is 4.62. The van der Waals surface area contributed by atoms with Crippen LogP contribution >= 0.6 is 11.3 Å². The van der Waals surface area contributed by atoms with Gasteiger partial charge in [0.25, 0.3) is 5.91 Å². The summed E-state index contributed by atoms with van der Waals surface area (Å²) in [5, 5.41) is 2.84. The van der Waals surface area contributed by atoms with Crippen molar-refractivity contribution in [3.05, 3.63) is 70.6 Å². The van der Waals surface area contributed by atoms with E-state index in [2.05, 4.69) is 23.5 Å². The van der Waals surface area contributed by atoms with Crippen molar-refractivity contribution in [2.45, 2.75) is 19.8 Å². The molecule has 1 aliphatic rings. The number of ether oxygens (including phenoxy) is 1. The van der Waals surface area contributed by atoms with Gasteiger partial charge in [-0.25, -0.2) is 0 Å². The topological polar surface area (TPSA) is 58.6 Å². The normalized spacial score (nSPS) is 11.9. The van der Waals surface area contributed by atoms with Gasteiger partial charge in [-0.3, -0.25) is 9.59 Å². The molecular weight excluding hydrogens is 396 g/mol. The smallest absolute Gasteiger partial charge is 0.264 e. The lowest BCUT2D eigenvalue weighted by atomic mass is 9.91. The number of carbonyl (C=O) groups is 2. The van der Waals surface area contributed by atoms with Gasteiger partial charge in [-0.15, -0.1) is 11.3 Å². The molecule has 0 spiro atoms. The van der Waals surface area contributed by atoms with Crippen LogP contribution in [0.4, 0.5) is 5.69 Å². The van der Waals surface area contributed by atoms with Gasteiger partial charge in [-0.2, -0.15) is 0 Å². The van der Waals surface area contributed by atoms with Crippen LogP contribution in [-0.4, -0.2) is 36.9 Å². The molecule has 0 saturated heterocycles. The Balaban J connectivity index is 1.50. The molecule has 2 aromatic carbocycles. The summed E-state index contributed by atoms with van der Waals surface area (Å²) in [7, 11) is 1.56. The third kappa shape index (κ3) is 3.96. The molecule has 0 saturated carbocycles. The molecule has 0 fully saturated rings. The van der Waals surface area contributed by atoms with Crippen LogP contribution in [0.5, 0.6) is 5.75 Å². The molecule has 2 amide bonds. The zero-order chi connectivity index (χ0) is 21.1. The van der Waals surface area contributed by atoms with Crippen molar-refractivity contribution in [2.75, 3.05) is 25.5 Å². The Morgan fingerprint density at radius 3 is 2.60 bits per heavy atom. The molecule has 0 aliphatic heterocycles. The first-order valence-corrected chi connectivity index (χ1v) is 10.9. The largest absolute Gasteiger partial charge is 0.495 e. The highest BCUT2D eigenvalue weighted by Crippen LogP contribution is 2.39. The summed E-state index contributed by atoms with van der Waals surface area (Å²) < 4.78 is 5.28. The number of amides is 2. The van der Waals surface area contributed by atoms with E-state index in [1.165, 1.54) is 32.9 Å². The molecule has 0 atom stereocenters. The van der Waals surface area contributed by atoms with Crippen LogP contribution in [0.25, 0.3) is 10.4 Å². The summed E-state index contributed by atoms with van der Waals surface area (Å²) in [6.07, 6.45) is 1.93. The van der Waals surface area contributed by atoms with E-state index in [-0.39, 0.29) is 18.4 Å². The number of benzene rings is 2. The fourth-order valence-electron chi connectivity index (χ4n) is 3.77. The van der Waals surface area contributed by atoms with Crippen molar-refractivity contribution >= 4 is 28.8 Å². The summed E-state index contributed by atoms with van der Waals surface area (Å²) in [5.41, 5.74) is 4.36. The number of likely N-dealkylation sites (N-methyl/N-ethyl adjacent to an activating group) is 1. The highest BCUT2D eigenvalue weighted by Gasteiger charge is 2.24. The van der Waals surface area contributed by atoms with Crippen molar-refractivity contribution in [3.8, 4) is 16.2 Å². The minimum Gasteiger partial charge on any atom is -0.495 e. The Kier molecular flexibility index (Phi) is 5.86. The third-order valence-electron chi connectivity index (χ3n) is 5.33. The first-order chi connectivity index (χ1) is 14.6. The standard InChI is InChI=1S/C24H24N2O3S/c1-3-26(15-22(27)25-19-10-6-7-11-20(19)29-2)24(28)21-14-17-13-12-16-8-4-5-9-18(16)23(17)30-21/h4-11,14H,3,12-13,15H2,1-2H3,(H,25,27). The van der Waals surface area contributed by atoms with Gasteiger partial charge in [0.2, 0.25) is 5.91 Å². The van der Waals surface area contributed by atoms with Crippen molar-refractivity contribution in [2.24, 2.45) is 0 Å². The molecule has 1 aliphatic carbocycles. The van der Waals surface area contributed by atoms with Crippen LogP contribution in [0.1, 0.15) is 27.7 Å². The van der Waals surface area contributed by atoms with Crippen molar-refractivity contribution in [1.29, 1.82) is 0 Å². The number of nitrogens with one attached hydrogen (secondary N) is 1. The van der Waals surface area contributed by atoms with E-state index in [0.717, 1.165) is 12.8 Å². The Hall–Kier alpha value is -3.12. The van der Waals surface area contributed by atoms with Gasteiger partial charge in [-0.1, -0.05) is 36.4 Å². The molecule has 0 radical (unpaired) electrons. The number of aryl methyl sites for hydroxylation is 2. The molecule has 6 heteroatoms. The summed E-state index contributed by atoms with van der Waals surface area (Å²) in [6.45, 7) is 2.33. The van der Waals surface area contributed by atoms with E-state index in [1.807, 2.05) is 31.2 Å². The molecule has 1 heterocycles. The van der Waals surface area contributed by atoms with Crippen molar-refractivity contribution in [1.82, 2.24) is 4.90 Å². The fraction of sp³-hybridized carbons (Fsp3) is 0.250. The van der Waals surface area contributed by atoms with Gasteiger partial charge in [0.05, 0.1) is 17.7 Å². The lowest BCUT2D eigenvalue weighted by molar-refractivity contribution is -0.116. The van der Waals surface area contributed by atoms with Crippen molar-refractivity contribution in [3.63, 3.8) is 0 Å². The number of anilines is 1. The van der Waals surface area contributed by atoms with E-state index in [0.29, 0.717) is 22.9 Å². The van der Waals surface area contributed by atoms with E-state index >= 15 is 0 Å². The van der Waals surface area contributed by atoms with Gasteiger partial charge in [0.15, 0.2) is 0 Å². The molecule has 30 heavy (non-hydrogen) atoms. The molecule has 5 nitrogen and oxygen atoms in total. The van der Waals surface area contributed by atoms with E-state index < -0.39 is 0 Å². The van der Waals surface area contributed by atoms with Crippen LogP contribution in [0.2, 0.25) is 0 Å². The first kappa shape index (κ1) is 20.2. The number of fused-ring (bicyclic) bond motifs is 3. The molecule has 0 unspecified atom stereocenters. The highest BCUT2D eigenvalue weighted by atomic mass is 32.1. The fourth-order valence-corrected chi connectivity index (χ4v) is 5.01. The number of rotatable bonds is 6. The SMILES string of the molecule is CCN(CC(=O)Nc1ccccc1OC)C(=O)c1cc2c(s1)-c1ccccc1CC2. The van der Waals surface area contributed by atoms with Crippen LogP contribution in [0.3, 0.4) is 0 Å². The molecule has 3 aromatic rings. The number of methoxy groups -OCH3 is 1. The maximum absolute atomic E-state index is 13.1. The molecular formula is C24H24N2O3S. The van der Waals surface area contributed by atoms with E-state index in [9.17, 15) is 9.59 Å². The monoisotopic (exact) mass is 420 g/mol. The van der Waals surface area contributed by atoms with E-state index in [1.54, 1.807) is 24.1 Å². The predicted molar refractivity (Wildman–Crippen MR) is 120 cm³/mol. The summed E-state index contributed by atoms with van der Waals surface area (Å²) in [4.78, 5) is 29.2. The Bertz CT molecular complexity index is 1090. The number of para-hydroxylation sites is 2.